The van der Waals surface area contributed by atoms with Gasteiger partial charge in [0.05, 0.1) is 17.9 Å². The first-order valence-electron chi connectivity index (χ1n) is 10.3. The van der Waals surface area contributed by atoms with Crippen LogP contribution in [0, 0.1) is 17.7 Å². The Labute approximate surface area is 174 Å². The maximum atomic E-state index is 14.9. The summed E-state index contributed by atoms with van der Waals surface area (Å²) in [7, 11) is 1.47. The van der Waals surface area contributed by atoms with E-state index in [1.165, 1.54) is 20.1 Å². The van der Waals surface area contributed by atoms with Crippen molar-refractivity contribution in [3.8, 4) is 23.2 Å². The number of aromatic nitrogens is 2. The smallest absolute Gasteiger partial charge is 0.269 e. The Morgan fingerprint density at radius 3 is 2.77 bits per heavy atom. The number of carbonyl (C=O) groups excluding carboxylic acids is 1. The van der Waals surface area contributed by atoms with Crippen molar-refractivity contribution < 1.29 is 19.0 Å². The lowest BCUT2D eigenvalue weighted by Gasteiger charge is -2.35. The normalized spacial score (nSPS) is 23.2. The molecule has 2 fully saturated rings. The molecule has 1 unspecified atom stereocenters. The molecule has 2 aromatic rings. The number of ether oxygens (including phenoxy) is 1. The van der Waals surface area contributed by atoms with Crippen LogP contribution in [0.3, 0.4) is 0 Å². The second-order valence-electron chi connectivity index (χ2n) is 8.88. The summed E-state index contributed by atoms with van der Waals surface area (Å²) in [6, 6.07) is 3.49. The molecule has 2 aliphatic heterocycles. The lowest BCUT2D eigenvalue weighted by atomic mass is 9.75. The van der Waals surface area contributed by atoms with E-state index in [1.54, 1.807) is 6.07 Å². The zero-order valence-corrected chi connectivity index (χ0v) is 17.0. The molecule has 0 saturated heterocycles. The van der Waals surface area contributed by atoms with Crippen molar-refractivity contribution in [1.29, 1.82) is 0 Å². The molecule has 6 rings (SSSR count). The van der Waals surface area contributed by atoms with Crippen LogP contribution in [0.15, 0.2) is 12.1 Å². The zero-order chi connectivity index (χ0) is 21.2. The molecule has 3 heterocycles. The predicted molar refractivity (Wildman–Crippen MR) is 109 cm³/mol. The number of amides is 1. The molecule has 30 heavy (non-hydrogen) atoms. The summed E-state index contributed by atoms with van der Waals surface area (Å²) in [4.78, 5) is 16.8. The van der Waals surface area contributed by atoms with E-state index in [-0.39, 0.29) is 24.1 Å². The molecule has 1 atom stereocenters. The second-order valence-corrected chi connectivity index (χ2v) is 8.88. The van der Waals surface area contributed by atoms with E-state index in [0.717, 1.165) is 42.5 Å². The lowest BCUT2D eigenvalue weighted by Crippen LogP contribution is -2.27. The fourth-order valence-corrected chi connectivity index (χ4v) is 4.72. The highest BCUT2D eigenvalue weighted by atomic mass is 19.1. The largest absolute Gasteiger partial charge is 0.381 e. The van der Waals surface area contributed by atoms with Gasteiger partial charge in [0.2, 0.25) is 0 Å². The minimum absolute atomic E-state index is 0.0213. The number of benzene rings is 1. The van der Waals surface area contributed by atoms with Crippen molar-refractivity contribution >= 4 is 5.91 Å². The van der Waals surface area contributed by atoms with Crippen molar-refractivity contribution in [2.45, 2.75) is 56.1 Å². The van der Waals surface area contributed by atoms with Gasteiger partial charge in [-0.1, -0.05) is 11.8 Å². The van der Waals surface area contributed by atoms with E-state index < -0.39 is 17.3 Å². The summed E-state index contributed by atoms with van der Waals surface area (Å²) in [6.07, 6.45) is 3.87. The van der Waals surface area contributed by atoms with Crippen molar-refractivity contribution in [3.05, 3.63) is 40.5 Å². The average Bonchev–Trinajstić information content (AvgIpc) is 3.43. The second kappa shape index (κ2) is 6.66. The van der Waals surface area contributed by atoms with E-state index in [9.17, 15) is 14.3 Å². The number of nitrogens with zero attached hydrogens (tertiary/aromatic N) is 2. The number of aliphatic hydroxyl groups is 1. The number of halogens is 1. The number of primary amides is 1. The van der Waals surface area contributed by atoms with Crippen molar-refractivity contribution in [2.75, 3.05) is 13.7 Å². The number of methoxy groups -OCH3 is 1. The van der Waals surface area contributed by atoms with Gasteiger partial charge in [-0.05, 0) is 56.2 Å². The minimum Gasteiger partial charge on any atom is -0.381 e. The Morgan fingerprint density at radius 1 is 1.40 bits per heavy atom. The maximum Gasteiger partial charge on any atom is 0.269 e. The Morgan fingerprint density at radius 2 is 2.13 bits per heavy atom. The summed E-state index contributed by atoms with van der Waals surface area (Å²) in [5, 5.41) is 10.2. The van der Waals surface area contributed by atoms with Crippen LogP contribution in [-0.4, -0.2) is 39.9 Å². The maximum absolute atomic E-state index is 14.9. The molecule has 3 N–H and O–H groups in total. The Balaban J connectivity index is 1.68. The molecular formula is C23H24FN3O3. The molecule has 7 heteroatoms. The summed E-state index contributed by atoms with van der Waals surface area (Å²) >= 11 is 0. The van der Waals surface area contributed by atoms with E-state index in [4.69, 9.17) is 10.5 Å². The van der Waals surface area contributed by atoms with Gasteiger partial charge in [-0.15, -0.1) is 0 Å². The van der Waals surface area contributed by atoms with Crippen molar-refractivity contribution in [1.82, 2.24) is 9.55 Å². The summed E-state index contributed by atoms with van der Waals surface area (Å²) in [5.41, 5.74) is 7.43. The number of carbonyl (C=O) groups is 1. The molecule has 2 aliphatic carbocycles. The van der Waals surface area contributed by atoms with Gasteiger partial charge in [0.15, 0.2) is 0 Å². The van der Waals surface area contributed by atoms with Crippen LogP contribution in [-0.2, 0) is 4.74 Å². The van der Waals surface area contributed by atoms with Crippen LogP contribution in [0.4, 0.5) is 4.39 Å². The molecule has 0 spiro atoms. The van der Waals surface area contributed by atoms with Gasteiger partial charge in [-0.3, -0.25) is 4.79 Å². The molecule has 1 amide bonds. The van der Waals surface area contributed by atoms with E-state index in [2.05, 4.69) is 21.4 Å². The monoisotopic (exact) mass is 409 g/mol. The van der Waals surface area contributed by atoms with Gasteiger partial charge in [-0.2, -0.15) is 0 Å². The van der Waals surface area contributed by atoms with Crippen LogP contribution in [0.25, 0.3) is 11.4 Å². The Hall–Kier alpha value is -2.69. The third-order valence-corrected chi connectivity index (χ3v) is 6.34. The number of hydrogen-bond acceptors (Lipinski definition) is 4. The Kier molecular flexibility index (Phi) is 4.28. The molecular weight excluding hydrogens is 385 g/mol. The van der Waals surface area contributed by atoms with Crippen LogP contribution < -0.4 is 5.73 Å². The first-order valence-corrected chi connectivity index (χ1v) is 10.3. The first-order chi connectivity index (χ1) is 14.3. The quantitative estimate of drug-likeness (QED) is 0.760. The first kappa shape index (κ1) is 19.3. The number of nitrogens with two attached hydrogens (primary N) is 1. The molecule has 156 valence electrons. The van der Waals surface area contributed by atoms with E-state index >= 15 is 0 Å². The van der Waals surface area contributed by atoms with Gasteiger partial charge in [0.25, 0.3) is 5.91 Å². The summed E-state index contributed by atoms with van der Waals surface area (Å²) in [6.45, 7) is 1.54. The molecule has 4 aliphatic rings. The summed E-state index contributed by atoms with van der Waals surface area (Å²) in [5.74, 6) is 5.77. The van der Waals surface area contributed by atoms with Crippen LogP contribution in [0.5, 0.6) is 0 Å². The predicted octanol–water partition coefficient (Wildman–Crippen LogP) is 2.85. The van der Waals surface area contributed by atoms with Gasteiger partial charge in [0.1, 0.15) is 22.9 Å². The van der Waals surface area contributed by atoms with E-state index in [1.807, 2.05) is 0 Å². The highest BCUT2D eigenvalue weighted by Crippen LogP contribution is 2.55. The molecule has 1 aromatic carbocycles. The highest BCUT2D eigenvalue weighted by molar-refractivity contribution is 5.93. The van der Waals surface area contributed by atoms with Crippen LogP contribution in [0.2, 0.25) is 0 Å². The Bertz CT molecular complexity index is 1110. The van der Waals surface area contributed by atoms with Crippen molar-refractivity contribution in [3.63, 3.8) is 0 Å². The molecule has 1 aromatic heterocycles. The minimum atomic E-state index is -1.38. The molecule has 2 bridgehead atoms. The van der Waals surface area contributed by atoms with Crippen molar-refractivity contribution in [2.24, 2.45) is 5.73 Å². The molecule has 0 radical (unpaired) electrons. The fourth-order valence-electron chi connectivity index (χ4n) is 4.72. The van der Waals surface area contributed by atoms with Crippen LogP contribution in [0.1, 0.15) is 77.8 Å². The molecule has 6 nitrogen and oxygen atoms in total. The number of rotatable bonds is 4. The van der Waals surface area contributed by atoms with Gasteiger partial charge < -0.3 is 20.1 Å². The zero-order valence-electron chi connectivity index (χ0n) is 17.0. The average molecular weight is 409 g/mol. The third kappa shape index (κ3) is 3.03. The van der Waals surface area contributed by atoms with Gasteiger partial charge >= 0.3 is 0 Å². The lowest BCUT2D eigenvalue weighted by molar-refractivity contribution is 0.0274. The molecule has 2 saturated carbocycles. The summed E-state index contributed by atoms with van der Waals surface area (Å²) < 4.78 is 22.0. The van der Waals surface area contributed by atoms with Crippen LogP contribution >= 0.6 is 0 Å². The topological polar surface area (TPSA) is 90.4 Å². The fraction of sp³-hybridized carbons (Fsp3) is 0.478. The SMILES string of the molecule is COCC(C)(O)C#Cc1cc2c(cc1F)C1CC(C1)n1c-2nc(C(N)=O)c1C1CC1. The number of imidazole rings is 1. The standard InChI is InChI=1S/C23H24FN3O3/c1-23(29,11-30-2)6-5-13-9-17-16(10-18(13)24)14-7-15(8-14)27-20(12-3-4-12)19(21(25)28)26-22(17)27/h9-10,12,14-15,29H,3-4,7-8,11H2,1-2H3,(H2,25,28). The number of hydrogen-bond donors (Lipinski definition) is 2. The third-order valence-electron chi connectivity index (χ3n) is 6.34. The van der Waals surface area contributed by atoms with Gasteiger partial charge in [-0.25, -0.2) is 9.37 Å². The highest BCUT2D eigenvalue weighted by Gasteiger charge is 2.44. The van der Waals surface area contributed by atoms with E-state index in [0.29, 0.717) is 17.4 Å². The van der Waals surface area contributed by atoms with Gasteiger partial charge in [0, 0.05) is 24.6 Å².